The standard InChI is InChI=1S/C29H28N2O4/c1-3-20(2)26-19-31(27(32)17-21-11-5-4-6-12-21)29(35)30(26)18-22-13-7-8-14-23(22)24-15-9-10-16-25(24)28(33)34/h4-16,19-20H,3,17-18H2,1-2H3,(H,33,34). The predicted octanol–water partition coefficient (Wildman–Crippen LogP) is 5.46. The molecule has 6 nitrogen and oxygen atoms in total. The first-order valence-electron chi connectivity index (χ1n) is 11.7. The van der Waals surface area contributed by atoms with Gasteiger partial charge >= 0.3 is 11.7 Å². The van der Waals surface area contributed by atoms with Crippen molar-refractivity contribution in [3.63, 3.8) is 0 Å². The molecule has 3 aromatic carbocycles. The molecule has 0 aliphatic rings. The molecule has 0 radical (unpaired) electrons. The summed E-state index contributed by atoms with van der Waals surface area (Å²) in [7, 11) is 0. The number of nitrogens with zero attached hydrogens (tertiary/aromatic N) is 2. The quantitative estimate of drug-likeness (QED) is 0.372. The van der Waals surface area contributed by atoms with Crippen molar-refractivity contribution in [2.24, 2.45) is 0 Å². The molecule has 1 aromatic heterocycles. The number of benzene rings is 3. The Balaban J connectivity index is 1.77. The summed E-state index contributed by atoms with van der Waals surface area (Å²) in [6, 6.07) is 23.7. The van der Waals surface area contributed by atoms with Gasteiger partial charge in [-0.3, -0.25) is 9.36 Å². The van der Waals surface area contributed by atoms with Crippen LogP contribution >= 0.6 is 0 Å². The summed E-state index contributed by atoms with van der Waals surface area (Å²) in [5, 5.41) is 9.69. The van der Waals surface area contributed by atoms with Crippen LogP contribution in [-0.2, 0) is 13.0 Å². The fourth-order valence-electron chi connectivity index (χ4n) is 4.29. The van der Waals surface area contributed by atoms with Crippen LogP contribution in [0.5, 0.6) is 0 Å². The lowest BCUT2D eigenvalue weighted by atomic mass is 9.95. The molecule has 4 aromatic rings. The molecule has 6 heteroatoms. The Kier molecular flexibility index (Phi) is 7.11. The Bertz CT molecular complexity index is 1420. The summed E-state index contributed by atoms with van der Waals surface area (Å²) in [4.78, 5) is 38.4. The van der Waals surface area contributed by atoms with Gasteiger partial charge in [-0.05, 0) is 40.7 Å². The average Bonchev–Trinajstić information content (AvgIpc) is 3.20. The number of carboxylic acids is 1. The number of hydrogen-bond acceptors (Lipinski definition) is 3. The fourth-order valence-corrected chi connectivity index (χ4v) is 4.29. The molecule has 0 amide bonds. The van der Waals surface area contributed by atoms with Crippen molar-refractivity contribution in [2.75, 3.05) is 0 Å². The summed E-state index contributed by atoms with van der Waals surface area (Å²) in [5.41, 5.74) is 3.58. The normalized spacial score (nSPS) is 11.8. The summed E-state index contributed by atoms with van der Waals surface area (Å²) >= 11 is 0. The van der Waals surface area contributed by atoms with Crippen LogP contribution in [0, 0.1) is 0 Å². The van der Waals surface area contributed by atoms with Crippen LogP contribution < -0.4 is 5.69 Å². The summed E-state index contributed by atoms with van der Waals surface area (Å²) in [6.45, 7) is 4.30. The van der Waals surface area contributed by atoms with E-state index in [4.69, 9.17) is 0 Å². The number of carboxylic acid groups (broad SMARTS) is 1. The Hall–Kier alpha value is -4.19. The Morgan fingerprint density at radius 1 is 0.886 bits per heavy atom. The number of aromatic carboxylic acids is 1. The first kappa shape index (κ1) is 24.0. The van der Waals surface area contributed by atoms with Crippen molar-refractivity contribution in [2.45, 2.75) is 39.2 Å². The van der Waals surface area contributed by atoms with E-state index in [1.165, 1.54) is 4.57 Å². The maximum Gasteiger partial charge on any atom is 0.336 e. The SMILES string of the molecule is CCC(C)c1cn(C(=O)Cc2ccccc2)c(=O)n1Cc1ccccc1-c1ccccc1C(=O)O. The zero-order valence-corrected chi connectivity index (χ0v) is 19.8. The zero-order chi connectivity index (χ0) is 24.9. The molecule has 0 saturated heterocycles. The van der Waals surface area contributed by atoms with E-state index in [2.05, 4.69) is 0 Å². The van der Waals surface area contributed by atoms with E-state index >= 15 is 0 Å². The lowest BCUT2D eigenvalue weighted by Gasteiger charge is -2.16. The molecule has 1 heterocycles. The van der Waals surface area contributed by atoms with Gasteiger partial charge in [0.25, 0.3) is 0 Å². The van der Waals surface area contributed by atoms with Crippen LogP contribution in [-0.4, -0.2) is 26.1 Å². The molecule has 0 bridgehead atoms. The highest BCUT2D eigenvalue weighted by molar-refractivity contribution is 5.96. The topological polar surface area (TPSA) is 81.3 Å². The second-order valence-electron chi connectivity index (χ2n) is 8.67. The molecule has 1 atom stereocenters. The number of hydrogen-bond donors (Lipinski definition) is 1. The molecule has 0 fully saturated rings. The molecule has 1 unspecified atom stereocenters. The van der Waals surface area contributed by atoms with E-state index in [1.54, 1.807) is 35.0 Å². The Morgan fingerprint density at radius 2 is 1.51 bits per heavy atom. The van der Waals surface area contributed by atoms with Crippen LogP contribution in [0.1, 0.15) is 58.2 Å². The van der Waals surface area contributed by atoms with Gasteiger partial charge in [-0.25, -0.2) is 14.2 Å². The third kappa shape index (κ3) is 5.01. The first-order chi connectivity index (χ1) is 16.9. The highest BCUT2D eigenvalue weighted by Crippen LogP contribution is 2.29. The van der Waals surface area contributed by atoms with Crippen molar-refractivity contribution in [3.8, 4) is 11.1 Å². The van der Waals surface area contributed by atoms with Gasteiger partial charge in [0.15, 0.2) is 0 Å². The largest absolute Gasteiger partial charge is 0.478 e. The summed E-state index contributed by atoms with van der Waals surface area (Å²) in [5.74, 6) is -1.23. The van der Waals surface area contributed by atoms with E-state index in [0.29, 0.717) is 5.56 Å². The molecule has 0 spiro atoms. The van der Waals surface area contributed by atoms with Crippen LogP contribution in [0.3, 0.4) is 0 Å². The first-order valence-corrected chi connectivity index (χ1v) is 11.7. The van der Waals surface area contributed by atoms with Gasteiger partial charge in [0, 0.05) is 11.9 Å². The molecular weight excluding hydrogens is 440 g/mol. The lowest BCUT2D eigenvalue weighted by molar-refractivity contribution is 0.0697. The van der Waals surface area contributed by atoms with Gasteiger partial charge in [-0.2, -0.15) is 0 Å². The molecule has 4 rings (SSSR count). The molecule has 178 valence electrons. The second kappa shape index (κ2) is 10.4. The average molecular weight is 469 g/mol. The van der Waals surface area contributed by atoms with Gasteiger partial charge in [0.1, 0.15) is 0 Å². The van der Waals surface area contributed by atoms with Crippen molar-refractivity contribution in [1.82, 2.24) is 9.13 Å². The number of imidazole rings is 1. The predicted molar refractivity (Wildman–Crippen MR) is 136 cm³/mol. The number of rotatable bonds is 8. The maximum atomic E-state index is 13.5. The zero-order valence-electron chi connectivity index (χ0n) is 19.8. The highest BCUT2D eigenvalue weighted by atomic mass is 16.4. The van der Waals surface area contributed by atoms with Crippen molar-refractivity contribution >= 4 is 11.9 Å². The summed E-state index contributed by atoms with van der Waals surface area (Å²) in [6.07, 6.45) is 2.60. The van der Waals surface area contributed by atoms with Crippen molar-refractivity contribution in [3.05, 3.63) is 118 Å². The Morgan fingerprint density at radius 3 is 2.20 bits per heavy atom. The van der Waals surface area contributed by atoms with E-state index in [0.717, 1.165) is 28.8 Å². The smallest absolute Gasteiger partial charge is 0.336 e. The number of carbonyl (C=O) groups excluding carboxylic acids is 1. The minimum Gasteiger partial charge on any atom is -0.478 e. The van der Waals surface area contributed by atoms with Crippen molar-refractivity contribution < 1.29 is 14.7 Å². The molecule has 0 aliphatic heterocycles. The minimum atomic E-state index is -1.01. The second-order valence-corrected chi connectivity index (χ2v) is 8.67. The van der Waals surface area contributed by atoms with E-state index in [1.807, 2.05) is 68.4 Å². The molecule has 35 heavy (non-hydrogen) atoms. The van der Waals surface area contributed by atoms with Gasteiger partial charge in [-0.15, -0.1) is 0 Å². The number of carbonyl (C=O) groups is 2. The number of aromatic nitrogens is 2. The maximum absolute atomic E-state index is 13.5. The summed E-state index contributed by atoms with van der Waals surface area (Å²) < 4.78 is 2.85. The van der Waals surface area contributed by atoms with Gasteiger partial charge in [-0.1, -0.05) is 86.6 Å². The fraction of sp³-hybridized carbons (Fsp3) is 0.207. The van der Waals surface area contributed by atoms with Crippen molar-refractivity contribution in [1.29, 1.82) is 0 Å². The van der Waals surface area contributed by atoms with Crippen LogP contribution in [0.2, 0.25) is 0 Å². The monoisotopic (exact) mass is 468 g/mol. The van der Waals surface area contributed by atoms with E-state index in [-0.39, 0.29) is 36.0 Å². The molecular formula is C29H28N2O4. The van der Waals surface area contributed by atoms with E-state index < -0.39 is 5.97 Å². The van der Waals surface area contributed by atoms with Crippen LogP contribution in [0.4, 0.5) is 0 Å². The van der Waals surface area contributed by atoms with Gasteiger partial charge in [0.05, 0.1) is 18.5 Å². The van der Waals surface area contributed by atoms with E-state index in [9.17, 15) is 19.5 Å². The van der Waals surface area contributed by atoms with Crippen LogP contribution in [0.15, 0.2) is 89.9 Å². The lowest BCUT2D eigenvalue weighted by Crippen LogP contribution is -2.30. The van der Waals surface area contributed by atoms with Gasteiger partial charge in [0.2, 0.25) is 5.91 Å². The Labute approximate surface area is 204 Å². The molecule has 0 aliphatic carbocycles. The van der Waals surface area contributed by atoms with Crippen LogP contribution in [0.25, 0.3) is 11.1 Å². The third-order valence-electron chi connectivity index (χ3n) is 6.39. The molecule has 1 N–H and O–H groups in total. The highest BCUT2D eigenvalue weighted by Gasteiger charge is 2.21. The third-order valence-corrected chi connectivity index (χ3v) is 6.39. The minimum absolute atomic E-state index is 0.0620. The molecule has 0 saturated carbocycles. The van der Waals surface area contributed by atoms with Gasteiger partial charge < -0.3 is 5.11 Å².